The summed E-state index contributed by atoms with van der Waals surface area (Å²) in [5, 5.41) is 3.24. The minimum Gasteiger partial charge on any atom is -0.497 e. The molecule has 1 atom stereocenters. The van der Waals surface area contributed by atoms with E-state index in [4.69, 9.17) is 25.8 Å². The highest BCUT2D eigenvalue weighted by atomic mass is 35.5. The van der Waals surface area contributed by atoms with Gasteiger partial charge in [0.2, 0.25) is 0 Å². The Labute approximate surface area is 163 Å². The third-order valence-corrected chi connectivity index (χ3v) is 4.07. The first-order valence-electron chi connectivity index (χ1n) is 8.39. The summed E-state index contributed by atoms with van der Waals surface area (Å²) in [7, 11) is 3.13. The minimum atomic E-state index is -0.909. The standard InChI is InChI=1S/C20H22ClNO5/c1-13(20(24)22-16-7-5-15(21)6-8-16)27-19(23)9-4-14-10-17(25-2)12-18(11-14)26-3/h5-8,10-13H,4,9H2,1-3H3,(H,22,24)/t13-/m1/s1. The highest BCUT2D eigenvalue weighted by Crippen LogP contribution is 2.23. The molecule has 1 amide bonds. The second kappa shape index (κ2) is 9.83. The topological polar surface area (TPSA) is 73.9 Å². The first kappa shape index (κ1) is 20.6. The van der Waals surface area contributed by atoms with E-state index in [1.54, 1.807) is 44.6 Å². The van der Waals surface area contributed by atoms with E-state index in [1.165, 1.54) is 6.92 Å². The van der Waals surface area contributed by atoms with Crippen LogP contribution in [0, 0.1) is 0 Å². The molecule has 0 bridgehead atoms. The van der Waals surface area contributed by atoms with Crippen LogP contribution in [0.3, 0.4) is 0 Å². The first-order chi connectivity index (χ1) is 12.9. The zero-order chi connectivity index (χ0) is 19.8. The lowest BCUT2D eigenvalue weighted by Crippen LogP contribution is -2.30. The molecule has 0 saturated heterocycles. The van der Waals surface area contributed by atoms with E-state index < -0.39 is 18.0 Å². The molecule has 2 aromatic rings. The third kappa shape index (κ3) is 6.49. The number of hydrogen-bond acceptors (Lipinski definition) is 5. The van der Waals surface area contributed by atoms with E-state index in [-0.39, 0.29) is 6.42 Å². The number of hydrogen-bond donors (Lipinski definition) is 1. The Hall–Kier alpha value is -2.73. The number of carbonyl (C=O) groups is 2. The lowest BCUT2D eigenvalue weighted by Gasteiger charge is -2.14. The minimum absolute atomic E-state index is 0.134. The summed E-state index contributed by atoms with van der Waals surface area (Å²) in [6.45, 7) is 1.53. The molecule has 27 heavy (non-hydrogen) atoms. The summed E-state index contributed by atoms with van der Waals surface area (Å²) < 4.78 is 15.6. The normalized spacial score (nSPS) is 11.4. The molecular formula is C20H22ClNO5. The number of nitrogens with one attached hydrogen (secondary N) is 1. The fraction of sp³-hybridized carbons (Fsp3) is 0.300. The Morgan fingerprint density at radius 2 is 1.63 bits per heavy atom. The lowest BCUT2D eigenvalue weighted by atomic mass is 10.1. The predicted molar refractivity (Wildman–Crippen MR) is 104 cm³/mol. The van der Waals surface area contributed by atoms with E-state index >= 15 is 0 Å². The molecule has 0 aliphatic carbocycles. The van der Waals surface area contributed by atoms with E-state index in [0.717, 1.165) is 5.56 Å². The summed E-state index contributed by atoms with van der Waals surface area (Å²) in [5.41, 5.74) is 1.46. The van der Waals surface area contributed by atoms with E-state index in [1.807, 2.05) is 12.1 Å². The number of carbonyl (C=O) groups excluding carboxylic acids is 2. The maximum absolute atomic E-state index is 12.1. The number of anilines is 1. The van der Waals surface area contributed by atoms with Crippen molar-refractivity contribution in [3.8, 4) is 11.5 Å². The largest absolute Gasteiger partial charge is 0.497 e. The number of esters is 1. The van der Waals surface area contributed by atoms with Crippen molar-refractivity contribution in [1.29, 1.82) is 0 Å². The zero-order valence-corrected chi connectivity index (χ0v) is 16.2. The molecule has 0 aliphatic heterocycles. The van der Waals surface area contributed by atoms with Crippen LogP contribution in [0.2, 0.25) is 5.02 Å². The molecule has 0 radical (unpaired) electrons. The Morgan fingerprint density at radius 3 is 2.19 bits per heavy atom. The van der Waals surface area contributed by atoms with E-state index in [0.29, 0.717) is 28.6 Å². The van der Waals surface area contributed by atoms with Crippen molar-refractivity contribution < 1.29 is 23.8 Å². The van der Waals surface area contributed by atoms with Crippen LogP contribution in [0.1, 0.15) is 18.9 Å². The number of methoxy groups -OCH3 is 2. The summed E-state index contributed by atoms with van der Waals surface area (Å²) in [6, 6.07) is 12.1. The number of ether oxygens (including phenoxy) is 3. The number of aryl methyl sites for hydroxylation is 1. The van der Waals surface area contributed by atoms with Crippen molar-refractivity contribution in [2.75, 3.05) is 19.5 Å². The number of halogens is 1. The molecule has 0 saturated carbocycles. The molecular weight excluding hydrogens is 370 g/mol. The molecule has 144 valence electrons. The van der Waals surface area contributed by atoms with Gasteiger partial charge >= 0.3 is 5.97 Å². The molecule has 0 spiro atoms. The highest BCUT2D eigenvalue weighted by Gasteiger charge is 2.18. The van der Waals surface area contributed by atoms with Gasteiger partial charge in [0, 0.05) is 23.2 Å². The van der Waals surface area contributed by atoms with Crippen LogP contribution in [0.25, 0.3) is 0 Å². The summed E-state index contributed by atoms with van der Waals surface area (Å²) >= 11 is 5.81. The smallest absolute Gasteiger partial charge is 0.306 e. The molecule has 0 aliphatic rings. The van der Waals surface area contributed by atoms with Crippen molar-refractivity contribution in [3.63, 3.8) is 0 Å². The van der Waals surface area contributed by atoms with Crippen LogP contribution in [-0.2, 0) is 20.7 Å². The van der Waals surface area contributed by atoms with Crippen molar-refractivity contribution in [3.05, 3.63) is 53.1 Å². The molecule has 6 nitrogen and oxygen atoms in total. The highest BCUT2D eigenvalue weighted by molar-refractivity contribution is 6.30. The zero-order valence-electron chi connectivity index (χ0n) is 15.5. The Kier molecular flexibility index (Phi) is 7.49. The SMILES string of the molecule is COc1cc(CCC(=O)O[C@H](C)C(=O)Nc2ccc(Cl)cc2)cc(OC)c1. The van der Waals surface area contributed by atoms with Gasteiger partial charge in [-0.25, -0.2) is 0 Å². The molecule has 0 unspecified atom stereocenters. The van der Waals surface area contributed by atoms with Gasteiger partial charge in [-0.15, -0.1) is 0 Å². The fourth-order valence-electron chi connectivity index (χ4n) is 2.34. The van der Waals surface area contributed by atoms with E-state index in [2.05, 4.69) is 5.32 Å². The summed E-state index contributed by atoms with van der Waals surface area (Å²) in [6.07, 6.45) is -0.333. The van der Waals surface area contributed by atoms with Gasteiger partial charge in [-0.05, 0) is 55.3 Å². The average molecular weight is 392 g/mol. The number of amides is 1. The number of rotatable bonds is 8. The number of benzene rings is 2. The van der Waals surface area contributed by atoms with Gasteiger partial charge in [-0.3, -0.25) is 9.59 Å². The van der Waals surface area contributed by atoms with Crippen LogP contribution >= 0.6 is 11.6 Å². The van der Waals surface area contributed by atoms with Gasteiger partial charge in [0.25, 0.3) is 5.91 Å². The van der Waals surface area contributed by atoms with Crippen LogP contribution in [0.15, 0.2) is 42.5 Å². The van der Waals surface area contributed by atoms with Gasteiger partial charge < -0.3 is 19.5 Å². The van der Waals surface area contributed by atoms with Crippen LogP contribution in [0.4, 0.5) is 5.69 Å². The van der Waals surface area contributed by atoms with Crippen molar-refractivity contribution >= 4 is 29.2 Å². The summed E-state index contributed by atoms with van der Waals surface area (Å²) in [4.78, 5) is 24.2. The van der Waals surface area contributed by atoms with Crippen molar-refractivity contribution in [2.24, 2.45) is 0 Å². The lowest BCUT2D eigenvalue weighted by molar-refractivity contribution is -0.153. The van der Waals surface area contributed by atoms with Crippen LogP contribution in [0.5, 0.6) is 11.5 Å². The predicted octanol–water partition coefficient (Wildman–Crippen LogP) is 3.86. The first-order valence-corrected chi connectivity index (χ1v) is 8.77. The molecule has 1 N–H and O–H groups in total. The Morgan fingerprint density at radius 1 is 1.04 bits per heavy atom. The molecule has 0 aromatic heterocycles. The average Bonchev–Trinajstić information content (AvgIpc) is 2.67. The van der Waals surface area contributed by atoms with Crippen LogP contribution < -0.4 is 14.8 Å². The monoisotopic (exact) mass is 391 g/mol. The van der Waals surface area contributed by atoms with Crippen molar-refractivity contribution in [1.82, 2.24) is 0 Å². The second-order valence-corrected chi connectivity index (χ2v) is 6.29. The van der Waals surface area contributed by atoms with Crippen molar-refractivity contribution in [2.45, 2.75) is 25.9 Å². The van der Waals surface area contributed by atoms with Crippen LogP contribution in [-0.4, -0.2) is 32.2 Å². The molecule has 7 heteroatoms. The Balaban J connectivity index is 1.85. The quantitative estimate of drug-likeness (QED) is 0.691. The second-order valence-electron chi connectivity index (χ2n) is 5.85. The maximum atomic E-state index is 12.1. The molecule has 2 aromatic carbocycles. The van der Waals surface area contributed by atoms with Gasteiger partial charge in [0.1, 0.15) is 11.5 Å². The molecule has 0 fully saturated rings. The maximum Gasteiger partial charge on any atom is 0.306 e. The van der Waals surface area contributed by atoms with Gasteiger partial charge in [-0.2, -0.15) is 0 Å². The van der Waals surface area contributed by atoms with E-state index in [9.17, 15) is 9.59 Å². The molecule has 0 heterocycles. The van der Waals surface area contributed by atoms with Gasteiger partial charge in [0.05, 0.1) is 14.2 Å². The van der Waals surface area contributed by atoms with Gasteiger partial charge in [-0.1, -0.05) is 11.6 Å². The van der Waals surface area contributed by atoms with Gasteiger partial charge in [0.15, 0.2) is 6.10 Å². The Bertz CT molecular complexity index is 769. The third-order valence-electron chi connectivity index (χ3n) is 3.82. The summed E-state index contributed by atoms with van der Waals surface area (Å²) in [5.74, 6) is 0.422. The fourth-order valence-corrected chi connectivity index (χ4v) is 2.47. The molecule has 2 rings (SSSR count).